The van der Waals surface area contributed by atoms with Crippen LogP contribution in [0.4, 0.5) is 0 Å². The maximum Gasteiger partial charge on any atom is 0.338 e. The van der Waals surface area contributed by atoms with Crippen LogP contribution in [0.15, 0.2) is 23.8 Å². The second-order valence-electron chi connectivity index (χ2n) is 13.6. The van der Waals surface area contributed by atoms with E-state index in [0.29, 0.717) is 36.0 Å². The summed E-state index contributed by atoms with van der Waals surface area (Å²) in [5.41, 5.74) is -0.730. The minimum Gasteiger partial charge on any atom is -0.479 e. The van der Waals surface area contributed by atoms with E-state index in [9.17, 15) is 20.1 Å². The van der Waals surface area contributed by atoms with Gasteiger partial charge >= 0.3 is 5.97 Å². The zero-order valence-electron chi connectivity index (χ0n) is 23.0. The van der Waals surface area contributed by atoms with E-state index in [2.05, 4.69) is 59.8 Å². The van der Waals surface area contributed by atoms with Gasteiger partial charge in [-0.1, -0.05) is 78.2 Å². The summed E-state index contributed by atoms with van der Waals surface area (Å²) in [5, 5.41) is 32.2. The zero-order chi connectivity index (χ0) is 25.8. The Kier molecular flexibility index (Phi) is 7.41. The van der Waals surface area contributed by atoms with Crippen molar-refractivity contribution in [1.82, 2.24) is 0 Å². The molecular formula is C31H50O4. The fourth-order valence-electron chi connectivity index (χ4n) is 9.18. The number of allylic oxidation sites excluding steroid dienone is 4. The summed E-state index contributed by atoms with van der Waals surface area (Å²) in [6.07, 6.45) is 16.1. The molecule has 3 fully saturated rings. The normalized spacial score (nSPS) is 42.5. The van der Waals surface area contributed by atoms with Crippen molar-refractivity contribution in [2.45, 2.75) is 98.5 Å². The first-order valence-corrected chi connectivity index (χ1v) is 14.4. The van der Waals surface area contributed by atoms with Gasteiger partial charge in [0.1, 0.15) is 0 Å². The number of carboxylic acid groups (broad SMARTS) is 1. The van der Waals surface area contributed by atoms with Gasteiger partial charge in [0, 0.05) is 5.92 Å². The highest BCUT2D eigenvalue weighted by atomic mass is 16.4. The van der Waals surface area contributed by atoms with Gasteiger partial charge in [0.15, 0.2) is 5.60 Å². The van der Waals surface area contributed by atoms with Crippen molar-refractivity contribution in [3.63, 3.8) is 0 Å². The molecule has 0 bridgehead atoms. The van der Waals surface area contributed by atoms with Crippen molar-refractivity contribution in [1.29, 1.82) is 0 Å². The smallest absolute Gasteiger partial charge is 0.338 e. The van der Waals surface area contributed by atoms with Crippen molar-refractivity contribution in [3.8, 4) is 0 Å². The van der Waals surface area contributed by atoms with Crippen LogP contribution in [-0.4, -0.2) is 33.5 Å². The van der Waals surface area contributed by atoms with Crippen LogP contribution in [0.25, 0.3) is 0 Å². The Morgan fingerprint density at radius 1 is 1.11 bits per heavy atom. The van der Waals surface area contributed by atoms with Gasteiger partial charge in [-0.3, -0.25) is 0 Å². The lowest BCUT2D eigenvalue weighted by molar-refractivity contribution is -0.192. The van der Waals surface area contributed by atoms with E-state index in [4.69, 9.17) is 0 Å². The number of carbonyl (C=O) groups is 1. The average Bonchev–Trinajstić information content (AvgIpc) is 3.18. The van der Waals surface area contributed by atoms with Crippen molar-refractivity contribution >= 4 is 5.97 Å². The van der Waals surface area contributed by atoms with Crippen LogP contribution in [0.1, 0.15) is 92.9 Å². The second kappa shape index (κ2) is 9.63. The molecule has 4 rings (SSSR count). The highest BCUT2D eigenvalue weighted by molar-refractivity contribution is 5.78. The van der Waals surface area contributed by atoms with E-state index >= 15 is 0 Å². The minimum atomic E-state index is -2.10. The molecule has 3 saturated carbocycles. The third-order valence-electron chi connectivity index (χ3n) is 11.8. The Labute approximate surface area is 213 Å². The summed E-state index contributed by atoms with van der Waals surface area (Å²) in [7, 11) is 0. The molecule has 4 nitrogen and oxygen atoms in total. The summed E-state index contributed by atoms with van der Waals surface area (Å²) in [5.74, 6) is 1.17. The molecule has 0 aliphatic heterocycles. The molecule has 4 aliphatic rings. The Morgan fingerprint density at radius 3 is 2.46 bits per heavy atom. The number of carboxylic acids is 1. The van der Waals surface area contributed by atoms with Crippen LogP contribution in [0.2, 0.25) is 0 Å². The topological polar surface area (TPSA) is 77.8 Å². The number of aliphatic carboxylic acids is 1. The quantitative estimate of drug-likeness (QED) is 0.360. The first-order valence-electron chi connectivity index (χ1n) is 14.4. The zero-order valence-corrected chi connectivity index (χ0v) is 23.0. The maximum absolute atomic E-state index is 12.5. The largest absolute Gasteiger partial charge is 0.479 e. The summed E-state index contributed by atoms with van der Waals surface area (Å²) >= 11 is 0. The minimum absolute atomic E-state index is 0.174. The van der Waals surface area contributed by atoms with Crippen LogP contribution < -0.4 is 0 Å². The van der Waals surface area contributed by atoms with Gasteiger partial charge in [-0.15, -0.1) is 0 Å². The highest BCUT2D eigenvalue weighted by Crippen LogP contribution is 2.70. The fraction of sp³-hybridized carbons (Fsp3) is 0.839. The van der Waals surface area contributed by atoms with Gasteiger partial charge in [-0.25, -0.2) is 4.79 Å². The molecule has 0 aromatic heterocycles. The average molecular weight is 487 g/mol. The maximum atomic E-state index is 12.5. The first-order chi connectivity index (χ1) is 16.4. The summed E-state index contributed by atoms with van der Waals surface area (Å²) in [6.45, 7) is 13.0. The van der Waals surface area contributed by atoms with E-state index in [1.165, 1.54) is 25.7 Å². The van der Waals surface area contributed by atoms with E-state index in [-0.39, 0.29) is 22.7 Å². The van der Waals surface area contributed by atoms with E-state index in [1.807, 2.05) is 0 Å². The van der Waals surface area contributed by atoms with Crippen LogP contribution in [0.5, 0.6) is 0 Å². The molecule has 4 heteroatoms. The summed E-state index contributed by atoms with van der Waals surface area (Å²) in [4.78, 5) is 12.5. The highest BCUT2D eigenvalue weighted by Gasteiger charge is 2.66. The van der Waals surface area contributed by atoms with E-state index in [0.717, 1.165) is 19.3 Å². The number of fused-ring (bicyclic) bond motifs is 5. The SMILES string of the molecule is CC(C)[C@@H](C)C=C[C@@H](C)[C@H]1CC[C@H]2C3=CCC4CCCC[C@]4(C)[C@H]3CC(C(O)(CO)C(=O)O)[C@]12C. The molecule has 0 aromatic carbocycles. The lowest BCUT2D eigenvalue weighted by Crippen LogP contribution is -2.62. The van der Waals surface area contributed by atoms with E-state index < -0.39 is 24.1 Å². The first kappa shape index (κ1) is 26.9. The molecule has 0 heterocycles. The molecule has 10 atom stereocenters. The molecule has 198 valence electrons. The van der Waals surface area contributed by atoms with Crippen LogP contribution in [-0.2, 0) is 4.79 Å². The number of aliphatic hydroxyl groups excluding tert-OH is 1. The molecule has 0 aromatic rings. The Morgan fingerprint density at radius 2 is 1.83 bits per heavy atom. The molecule has 4 aliphatic carbocycles. The summed E-state index contributed by atoms with van der Waals surface area (Å²) < 4.78 is 0. The number of rotatable bonds is 7. The molecular weight excluding hydrogens is 436 g/mol. The number of aliphatic hydroxyl groups is 2. The third kappa shape index (κ3) is 4.15. The predicted octanol–water partition coefficient (Wildman–Crippen LogP) is 6.47. The number of hydrogen-bond acceptors (Lipinski definition) is 3. The Hall–Kier alpha value is -1.13. The lowest BCUT2D eigenvalue weighted by atomic mass is 9.43. The lowest BCUT2D eigenvalue weighted by Gasteiger charge is -2.61. The van der Waals surface area contributed by atoms with Crippen molar-refractivity contribution < 1.29 is 20.1 Å². The molecule has 3 N–H and O–H groups in total. The van der Waals surface area contributed by atoms with Gasteiger partial charge in [0.2, 0.25) is 0 Å². The monoisotopic (exact) mass is 486 g/mol. The van der Waals surface area contributed by atoms with Crippen LogP contribution >= 0.6 is 0 Å². The Balaban J connectivity index is 1.78. The van der Waals surface area contributed by atoms with Gasteiger partial charge in [-0.05, 0) is 90.8 Å². The molecule has 3 unspecified atom stereocenters. The fourth-order valence-corrected chi connectivity index (χ4v) is 9.18. The van der Waals surface area contributed by atoms with Gasteiger partial charge in [0.05, 0.1) is 6.61 Å². The van der Waals surface area contributed by atoms with Crippen molar-refractivity contribution in [2.75, 3.05) is 6.61 Å². The van der Waals surface area contributed by atoms with Crippen molar-refractivity contribution in [2.24, 2.45) is 58.2 Å². The van der Waals surface area contributed by atoms with Crippen molar-refractivity contribution in [3.05, 3.63) is 23.8 Å². The predicted molar refractivity (Wildman–Crippen MR) is 141 cm³/mol. The second-order valence-corrected chi connectivity index (χ2v) is 13.6. The van der Waals surface area contributed by atoms with Crippen LogP contribution in [0, 0.1) is 58.2 Å². The summed E-state index contributed by atoms with van der Waals surface area (Å²) in [6, 6.07) is 0. The van der Waals surface area contributed by atoms with Gasteiger partial charge < -0.3 is 15.3 Å². The molecule has 0 spiro atoms. The number of hydrogen-bond donors (Lipinski definition) is 3. The van der Waals surface area contributed by atoms with Gasteiger partial charge in [0.25, 0.3) is 0 Å². The third-order valence-corrected chi connectivity index (χ3v) is 11.8. The van der Waals surface area contributed by atoms with E-state index in [1.54, 1.807) is 5.57 Å². The van der Waals surface area contributed by atoms with Crippen LogP contribution in [0.3, 0.4) is 0 Å². The molecule has 0 amide bonds. The molecule has 0 radical (unpaired) electrons. The van der Waals surface area contributed by atoms with Gasteiger partial charge in [-0.2, -0.15) is 0 Å². The standard InChI is InChI=1S/C31H50O4/c1-19(2)20(3)10-11-21(4)24-14-15-25-23-13-12-22-9-7-8-16-29(22,5)26(23)17-27(30(24,25)6)31(35,18-32)28(33)34/h10-11,13,19-22,24-27,32,35H,7-9,12,14-18H2,1-6H3,(H,33,34)/t20-,21+,22?,24+,25-,26-,27?,29-,30+,31?/m0/s1. The molecule has 35 heavy (non-hydrogen) atoms. The Bertz CT molecular complexity index is 860. The molecule has 0 saturated heterocycles.